The van der Waals surface area contributed by atoms with Crippen molar-refractivity contribution in [3.05, 3.63) is 41.8 Å². The average molecular weight is 330 g/mol. The van der Waals surface area contributed by atoms with Gasteiger partial charge >= 0.3 is 5.22 Å². The third kappa shape index (κ3) is 4.27. The molecule has 1 aromatic heterocycles. The number of alkyl halides is 1. The van der Waals surface area contributed by atoms with Gasteiger partial charge in [0, 0.05) is 0 Å². The predicted molar refractivity (Wildman–Crippen MR) is 74.2 cm³/mol. The van der Waals surface area contributed by atoms with Crippen LogP contribution in [0.25, 0.3) is 0 Å². The summed E-state index contributed by atoms with van der Waals surface area (Å²) >= 11 is 5.31. The van der Waals surface area contributed by atoms with Crippen molar-refractivity contribution in [3.8, 4) is 0 Å². The Labute approximate surface area is 126 Å². The topological polar surface area (TPSA) is 102 Å². The largest absolute Gasteiger partial charge is 0.411 e. The highest BCUT2D eigenvalue weighted by Crippen LogP contribution is 2.15. The minimum absolute atomic E-state index is 0.0000957. The number of halogens is 1. The second-order valence-corrected chi connectivity index (χ2v) is 6.25. The monoisotopic (exact) mass is 329 g/mol. The molecule has 0 atom stereocenters. The summed E-state index contributed by atoms with van der Waals surface area (Å²) in [7, 11) is -3.72. The van der Waals surface area contributed by atoms with Crippen molar-refractivity contribution in [2.45, 2.75) is 17.5 Å². The maximum atomic E-state index is 12.1. The molecule has 112 valence electrons. The molecule has 7 nitrogen and oxygen atoms in total. The van der Waals surface area contributed by atoms with Crippen LogP contribution in [0.1, 0.15) is 11.5 Å². The molecule has 1 aromatic carbocycles. The predicted octanol–water partition coefficient (Wildman–Crippen LogP) is 0.898. The van der Waals surface area contributed by atoms with Crippen LogP contribution < -0.4 is 5.32 Å². The number of rotatable bonds is 6. The Balaban J connectivity index is 2.07. The van der Waals surface area contributed by atoms with Crippen LogP contribution in [0.2, 0.25) is 0 Å². The molecule has 1 heterocycles. The Morgan fingerprint density at radius 2 is 1.95 bits per heavy atom. The van der Waals surface area contributed by atoms with Crippen molar-refractivity contribution in [2.24, 2.45) is 0 Å². The molecule has 0 unspecified atom stereocenters. The number of benzene rings is 1. The summed E-state index contributed by atoms with van der Waals surface area (Å²) in [4.78, 5) is 11.0. The van der Waals surface area contributed by atoms with E-state index in [9.17, 15) is 13.2 Å². The van der Waals surface area contributed by atoms with Gasteiger partial charge in [0.2, 0.25) is 21.6 Å². The number of aromatic nitrogens is 2. The van der Waals surface area contributed by atoms with Crippen LogP contribution in [-0.2, 0) is 26.9 Å². The Kier molecular flexibility index (Phi) is 4.92. The number of sulfone groups is 1. The maximum Gasteiger partial charge on any atom is 0.335 e. The molecular weight excluding hydrogens is 318 g/mol. The fraction of sp³-hybridized carbons (Fsp3) is 0.250. The lowest BCUT2D eigenvalue weighted by atomic mass is 10.2. The van der Waals surface area contributed by atoms with Gasteiger partial charge < -0.3 is 9.73 Å². The zero-order valence-corrected chi connectivity index (χ0v) is 12.4. The fourth-order valence-corrected chi connectivity index (χ4v) is 2.75. The highest BCUT2D eigenvalue weighted by molar-refractivity contribution is 7.90. The van der Waals surface area contributed by atoms with Crippen molar-refractivity contribution in [2.75, 3.05) is 5.88 Å². The molecule has 0 saturated carbocycles. The fourth-order valence-electron chi connectivity index (χ4n) is 1.51. The van der Waals surface area contributed by atoms with Gasteiger partial charge in [-0.15, -0.1) is 16.7 Å². The normalized spacial score (nSPS) is 11.3. The minimum Gasteiger partial charge on any atom is -0.411 e. The number of hydrogen-bond donors (Lipinski definition) is 1. The Morgan fingerprint density at radius 3 is 2.62 bits per heavy atom. The van der Waals surface area contributed by atoms with E-state index in [-0.39, 0.29) is 24.1 Å². The SMILES string of the molecule is O=C(CCl)NCc1nnc(S(=O)(=O)Cc2ccccc2)o1. The number of amides is 1. The van der Waals surface area contributed by atoms with Crippen molar-refractivity contribution in [3.63, 3.8) is 0 Å². The summed E-state index contributed by atoms with van der Waals surface area (Å²) < 4.78 is 29.3. The summed E-state index contributed by atoms with van der Waals surface area (Å²) in [6.07, 6.45) is 0. The van der Waals surface area contributed by atoms with Crippen LogP contribution in [0.5, 0.6) is 0 Å². The van der Waals surface area contributed by atoms with E-state index in [0.717, 1.165) is 0 Å². The molecular formula is C12H12ClN3O4S. The second-order valence-electron chi connectivity index (χ2n) is 4.12. The molecule has 0 aliphatic carbocycles. The van der Waals surface area contributed by atoms with Gasteiger partial charge in [0.25, 0.3) is 0 Å². The van der Waals surface area contributed by atoms with Crippen molar-refractivity contribution >= 4 is 27.3 Å². The van der Waals surface area contributed by atoms with Gasteiger partial charge in [-0.1, -0.05) is 35.4 Å². The van der Waals surface area contributed by atoms with Crippen LogP contribution in [-0.4, -0.2) is 30.4 Å². The first-order chi connectivity index (χ1) is 10.0. The average Bonchev–Trinajstić information content (AvgIpc) is 2.95. The van der Waals surface area contributed by atoms with Crippen LogP contribution in [0.15, 0.2) is 40.0 Å². The first kappa shape index (κ1) is 15.5. The van der Waals surface area contributed by atoms with Crippen LogP contribution in [0.3, 0.4) is 0 Å². The first-order valence-corrected chi connectivity index (χ1v) is 8.11. The second kappa shape index (κ2) is 6.68. The third-order valence-corrected chi connectivity index (χ3v) is 4.13. The lowest BCUT2D eigenvalue weighted by Gasteiger charge is -2.00. The van der Waals surface area contributed by atoms with Crippen molar-refractivity contribution in [1.82, 2.24) is 15.5 Å². The zero-order chi connectivity index (χ0) is 15.3. The van der Waals surface area contributed by atoms with Crippen LogP contribution >= 0.6 is 11.6 Å². The summed E-state index contributed by atoms with van der Waals surface area (Å²) in [6.45, 7) is -0.0700. The van der Waals surface area contributed by atoms with Gasteiger partial charge in [0.1, 0.15) is 5.88 Å². The molecule has 21 heavy (non-hydrogen) atoms. The molecule has 9 heteroatoms. The lowest BCUT2D eigenvalue weighted by Crippen LogP contribution is -2.23. The standard InChI is InChI=1S/C12H12ClN3O4S/c13-6-10(17)14-7-11-15-16-12(20-11)21(18,19)8-9-4-2-1-3-5-9/h1-5H,6-8H2,(H,14,17). The van der Waals surface area contributed by atoms with Crippen LogP contribution in [0.4, 0.5) is 0 Å². The molecule has 1 amide bonds. The number of nitrogens with zero attached hydrogens (tertiary/aromatic N) is 2. The van der Waals surface area contributed by atoms with Gasteiger partial charge in [-0.05, 0) is 5.56 Å². The smallest absolute Gasteiger partial charge is 0.335 e. The van der Waals surface area contributed by atoms with E-state index in [1.54, 1.807) is 30.3 Å². The Bertz CT molecular complexity index is 715. The van der Waals surface area contributed by atoms with Crippen molar-refractivity contribution in [1.29, 1.82) is 0 Å². The van der Waals surface area contributed by atoms with E-state index >= 15 is 0 Å². The molecule has 0 aliphatic heterocycles. The van der Waals surface area contributed by atoms with Gasteiger partial charge in [-0.3, -0.25) is 4.79 Å². The molecule has 1 N–H and O–H groups in total. The zero-order valence-electron chi connectivity index (χ0n) is 10.8. The van der Waals surface area contributed by atoms with E-state index < -0.39 is 21.0 Å². The summed E-state index contributed by atoms with van der Waals surface area (Å²) in [5.74, 6) is -0.847. The minimum atomic E-state index is -3.72. The molecule has 0 bridgehead atoms. The first-order valence-electron chi connectivity index (χ1n) is 5.93. The summed E-state index contributed by atoms with van der Waals surface area (Å²) in [6, 6.07) is 8.66. The third-order valence-electron chi connectivity index (χ3n) is 2.47. The van der Waals surface area contributed by atoms with Crippen LogP contribution in [0, 0.1) is 0 Å². The number of carbonyl (C=O) groups is 1. The van der Waals surface area contributed by atoms with E-state index in [0.29, 0.717) is 5.56 Å². The molecule has 0 aliphatic rings. The maximum absolute atomic E-state index is 12.1. The van der Waals surface area contributed by atoms with Crippen molar-refractivity contribution < 1.29 is 17.6 Å². The molecule has 0 radical (unpaired) electrons. The van der Waals surface area contributed by atoms with E-state index in [1.165, 1.54) is 0 Å². The molecule has 2 rings (SSSR count). The molecule has 0 fully saturated rings. The highest BCUT2D eigenvalue weighted by Gasteiger charge is 2.23. The quantitative estimate of drug-likeness (QED) is 0.790. The number of hydrogen-bond acceptors (Lipinski definition) is 6. The number of nitrogens with one attached hydrogen (secondary N) is 1. The van der Waals surface area contributed by atoms with Gasteiger partial charge in [-0.2, -0.15) is 0 Å². The summed E-state index contributed by atoms with van der Waals surface area (Å²) in [5, 5.41) is 9.01. The van der Waals surface area contributed by atoms with Gasteiger partial charge in [-0.25, -0.2) is 8.42 Å². The van der Waals surface area contributed by atoms with Gasteiger partial charge in [0.05, 0.1) is 12.3 Å². The van der Waals surface area contributed by atoms with E-state index in [2.05, 4.69) is 15.5 Å². The molecule has 2 aromatic rings. The van der Waals surface area contributed by atoms with E-state index in [1.807, 2.05) is 0 Å². The molecule has 0 spiro atoms. The molecule has 0 saturated heterocycles. The number of carbonyl (C=O) groups excluding carboxylic acids is 1. The highest BCUT2D eigenvalue weighted by atomic mass is 35.5. The Morgan fingerprint density at radius 1 is 1.24 bits per heavy atom. The van der Waals surface area contributed by atoms with Gasteiger partial charge in [0.15, 0.2) is 0 Å². The lowest BCUT2D eigenvalue weighted by molar-refractivity contribution is -0.118. The Hall–Kier alpha value is -1.93. The summed E-state index contributed by atoms with van der Waals surface area (Å²) in [5.41, 5.74) is 0.618. The van der Waals surface area contributed by atoms with E-state index in [4.69, 9.17) is 16.0 Å².